The number of thiophene rings is 4. The van der Waals surface area contributed by atoms with Gasteiger partial charge >= 0.3 is 614 Å². The molecule has 0 radical (unpaired) electrons. The summed E-state index contributed by atoms with van der Waals surface area (Å²) in [5, 5.41) is 2.62. The van der Waals surface area contributed by atoms with E-state index in [0.29, 0.717) is 29.0 Å². The number of hydrogen-bond acceptors (Lipinski definition) is 8. The summed E-state index contributed by atoms with van der Waals surface area (Å²) in [4.78, 5) is 27.2. The minimum absolute atomic E-state index is 0.206. The van der Waals surface area contributed by atoms with Crippen LogP contribution in [0.1, 0.15) is 508 Å². The van der Waals surface area contributed by atoms with Gasteiger partial charge < -0.3 is 0 Å². The fourth-order valence-electron chi connectivity index (χ4n) is 19.5. The molecule has 0 unspecified atom stereocenters. The summed E-state index contributed by atoms with van der Waals surface area (Å²) in [5.41, 5.74) is 9.17. The van der Waals surface area contributed by atoms with Gasteiger partial charge in [-0.2, -0.15) is 0 Å². The number of rotatable bonds is 81. The van der Waals surface area contributed by atoms with Crippen molar-refractivity contribution in [1.82, 2.24) is 9.97 Å². The Morgan fingerprint density at radius 1 is 0.192 bits per heavy atom. The molecule has 130 heavy (non-hydrogen) atoms. The molecule has 10 rings (SSSR count). The van der Waals surface area contributed by atoms with E-state index in [9.17, 15) is 0 Å². The number of aryl methyl sites for hydroxylation is 8. The molecule has 0 saturated carbocycles. The molecule has 0 bridgehead atoms. The molecule has 0 aliphatic carbocycles. The second-order valence-corrected chi connectivity index (χ2v) is 55.2. The number of nitrogens with zero attached hydrogens (tertiary/aromatic N) is 2. The zero-order chi connectivity index (χ0) is 90.9. The SMILES string of the molecule is CCCCCCCCCCCCCCc1cc(-c2ccc(-c3ccc(C)[se]3)[se]2)sc1-c1cc(CCCCCCCCCCCCCC)c(-c2nc(CCCCCCCCCCCCCC)c(-c3ccc(-c4ccc(-c5sc(-c6sc(-c7sc(C)cc7CCCCCCCCCCCC)cc6CCCCCCCCCCCC)nc5CCCCCCCCCCCC)[se]4)[se]3)s2)s1. The number of hydrogen-bond donors (Lipinski definition) is 0. The summed E-state index contributed by atoms with van der Waals surface area (Å²) >= 11 is 13.9. The van der Waals surface area contributed by atoms with E-state index in [1.807, 2.05) is 0 Å². The van der Waals surface area contributed by atoms with Gasteiger partial charge in [-0.05, 0) is 0 Å². The second-order valence-electron chi connectivity index (χ2n) is 39.3. The molecule has 10 aromatic rings. The molecule has 10 aromatic heterocycles. The van der Waals surface area contributed by atoms with Gasteiger partial charge in [0.25, 0.3) is 0 Å². The molecule has 12 heteroatoms. The monoisotopic (exact) mass is 2140 g/mol. The van der Waals surface area contributed by atoms with Crippen molar-refractivity contribution in [2.45, 2.75) is 518 Å². The molecule has 0 fully saturated rings. The van der Waals surface area contributed by atoms with Gasteiger partial charge in [0.05, 0.1) is 0 Å². The summed E-state index contributed by atoms with van der Waals surface area (Å²) in [5.74, 6) is 0. The first-order valence-electron chi connectivity index (χ1n) is 55.0. The molecule has 0 atom stereocenters. The molecule has 0 aliphatic heterocycles. The molecule has 0 aliphatic rings. The van der Waals surface area contributed by atoms with Crippen LogP contribution in [0, 0.1) is 13.8 Å². The second kappa shape index (κ2) is 68.2. The predicted molar refractivity (Wildman–Crippen MR) is 596 cm³/mol. The zero-order valence-electron chi connectivity index (χ0n) is 83.8. The molecule has 0 aromatic carbocycles. The molecule has 0 amide bonds. The third-order valence-corrected chi connectivity index (χ3v) is 46.7. The van der Waals surface area contributed by atoms with Gasteiger partial charge in [0.2, 0.25) is 0 Å². The van der Waals surface area contributed by atoms with Gasteiger partial charge in [-0.15, -0.1) is 0 Å². The quantitative estimate of drug-likeness (QED) is 0.0280. The summed E-state index contributed by atoms with van der Waals surface area (Å²) in [6.45, 7) is 18.8. The topological polar surface area (TPSA) is 25.8 Å². The van der Waals surface area contributed by atoms with Crippen molar-refractivity contribution in [1.29, 1.82) is 0 Å². The Morgan fingerprint density at radius 3 is 0.715 bits per heavy atom. The average Bonchev–Trinajstić information content (AvgIpc) is 1.63. The van der Waals surface area contributed by atoms with Gasteiger partial charge in [0.15, 0.2) is 0 Å². The van der Waals surface area contributed by atoms with Crippen LogP contribution in [-0.2, 0) is 38.5 Å². The van der Waals surface area contributed by atoms with Crippen LogP contribution in [0.3, 0.4) is 0 Å². The summed E-state index contributed by atoms with van der Waals surface area (Å²) in [6.07, 6.45) is 98.1. The van der Waals surface area contributed by atoms with E-state index < -0.39 is 0 Å². The fourth-order valence-corrected chi connectivity index (χ4v) is 37.1. The van der Waals surface area contributed by atoms with Crippen molar-refractivity contribution in [2.24, 2.45) is 0 Å². The first-order valence-corrected chi connectivity index (χ1v) is 66.8. The minimum atomic E-state index is 0.206. The van der Waals surface area contributed by atoms with Crippen molar-refractivity contribution in [2.75, 3.05) is 0 Å². The maximum atomic E-state index is 6.05. The Bertz CT molecular complexity index is 4500. The number of aromatic nitrogens is 2. The predicted octanol–water partition coefficient (Wildman–Crippen LogP) is 41.8. The zero-order valence-corrected chi connectivity index (χ0v) is 95.6. The molecule has 0 N–H and O–H groups in total. The van der Waals surface area contributed by atoms with Gasteiger partial charge in [-0.25, -0.2) is 0 Å². The van der Waals surface area contributed by atoms with Gasteiger partial charge in [-0.1, -0.05) is 241 Å². The molecule has 10 heterocycles. The van der Waals surface area contributed by atoms with E-state index in [0.717, 1.165) is 25.7 Å². The van der Waals surface area contributed by atoms with Crippen LogP contribution < -0.4 is 0 Å². The first-order chi connectivity index (χ1) is 64.2. The van der Waals surface area contributed by atoms with Gasteiger partial charge in [0.1, 0.15) is 0 Å². The van der Waals surface area contributed by atoms with E-state index in [-0.39, 0.29) is 29.0 Å². The summed E-state index contributed by atoms with van der Waals surface area (Å²) in [7, 11) is 0. The Balaban J connectivity index is 0.953. The van der Waals surface area contributed by atoms with E-state index in [1.54, 1.807) is 67.5 Å². The van der Waals surface area contributed by atoms with Crippen LogP contribution >= 0.6 is 68.0 Å². The fraction of sp³-hybridized carbons (Fsp3) is 0.678. The molecular weight excluding hydrogens is 1950 g/mol. The third kappa shape index (κ3) is 40.7. The maximum absolute atomic E-state index is 6.05. The van der Waals surface area contributed by atoms with Crippen LogP contribution in [0.25, 0.3) is 85.0 Å². The normalized spacial score (nSPS) is 11.9. The Morgan fingerprint density at radius 2 is 0.415 bits per heavy atom. The van der Waals surface area contributed by atoms with Gasteiger partial charge in [0, 0.05) is 0 Å². The van der Waals surface area contributed by atoms with Crippen LogP contribution in [0.4, 0.5) is 0 Å². The van der Waals surface area contributed by atoms with Crippen LogP contribution in [0.5, 0.6) is 0 Å². The first kappa shape index (κ1) is 110. The van der Waals surface area contributed by atoms with Crippen molar-refractivity contribution < 1.29 is 0 Å². The van der Waals surface area contributed by atoms with Crippen LogP contribution in [-0.4, -0.2) is 68.0 Å². The molecule has 0 saturated heterocycles. The average molecular weight is 2130 g/mol. The van der Waals surface area contributed by atoms with Crippen molar-refractivity contribution in [3.05, 3.63) is 116 Å². The Labute approximate surface area is 845 Å². The Hall–Kier alpha value is -1.94. The molecule has 722 valence electrons. The van der Waals surface area contributed by atoms with Gasteiger partial charge in [-0.3, -0.25) is 0 Å². The Kier molecular flexibility index (Phi) is 57.7. The summed E-state index contributed by atoms with van der Waals surface area (Å²) in [6, 6.07) is 30.9. The summed E-state index contributed by atoms with van der Waals surface area (Å²) < 4.78 is 12.8. The standard InChI is InChI=1S/C118H180N2S6Se4/c1-9-15-21-27-33-39-45-48-53-58-64-70-76-96-90-101(104-83-84-106(128-104)105-82-81-94(8)127-105)122-112(96)103-92-98(78-72-66-60-54-49-46-40-34-28-22-16-10-2)114(124-103)118-120-100(80-74-68-62-56-50-47-41-35-29-23-17-11-3)116(126-118)110-88-86-108(130-110)107-85-87-109(129-107)115-99(79-73-67-61-55-44-38-32-26-20-14-6)119-117(125-115)113-97(77-71-65-59-52-43-37-31-25-19-13-5)91-102(123-113)111-95(89-93(7)121-111)75-69-63-57-51-42-36-30-24-18-12-4/h81-92H,9-80H2,1-8H3. The van der Waals surface area contributed by atoms with Crippen LogP contribution in [0.15, 0.2) is 72.8 Å². The van der Waals surface area contributed by atoms with Crippen molar-refractivity contribution in [3.63, 3.8) is 0 Å². The van der Waals surface area contributed by atoms with Crippen molar-refractivity contribution in [3.8, 4) is 85.0 Å². The van der Waals surface area contributed by atoms with Crippen LogP contribution in [0.2, 0.25) is 0 Å². The molecule has 0 spiro atoms. The molecular formula is C118H180N2S6Se4. The molecule has 2 nitrogen and oxygen atoms in total. The van der Waals surface area contributed by atoms with E-state index >= 15 is 0 Å². The third-order valence-electron chi connectivity index (χ3n) is 27.6. The van der Waals surface area contributed by atoms with E-state index in [2.05, 4.69) is 196 Å². The van der Waals surface area contributed by atoms with Crippen molar-refractivity contribution >= 4 is 126 Å². The van der Waals surface area contributed by atoms with E-state index in [4.69, 9.17) is 9.97 Å². The number of unbranched alkanes of at least 4 members (excludes halogenated alkanes) is 60. The number of thiazole rings is 2. The van der Waals surface area contributed by atoms with E-state index in [1.165, 1.54) is 497 Å².